The monoisotopic (exact) mass is 258 g/mol. The summed E-state index contributed by atoms with van der Waals surface area (Å²) < 4.78 is 0. The maximum Gasteiger partial charge on any atom is 0.326 e. The van der Waals surface area contributed by atoms with Crippen LogP contribution in [0.1, 0.15) is 32.6 Å². The van der Waals surface area contributed by atoms with Gasteiger partial charge in [-0.1, -0.05) is 13.3 Å². The molecule has 0 radical (unpaired) electrons. The lowest BCUT2D eigenvalue weighted by Crippen LogP contribution is -2.49. The number of carboxylic acids is 1. The summed E-state index contributed by atoms with van der Waals surface area (Å²) in [7, 11) is 0. The summed E-state index contributed by atoms with van der Waals surface area (Å²) >= 11 is 0. The van der Waals surface area contributed by atoms with Crippen molar-refractivity contribution in [2.24, 2.45) is 0 Å². The van der Waals surface area contributed by atoms with Crippen LogP contribution in [0.2, 0.25) is 0 Å². The highest BCUT2D eigenvalue weighted by Gasteiger charge is 2.35. The number of unbranched alkanes of at least 4 members (excludes halogenated alkanes) is 1. The minimum Gasteiger partial charge on any atom is -0.480 e. The summed E-state index contributed by atoms with van der Waals surface area (Å²) in [5, 5.41) is 18.0. The Morgan fingerprint density at radius 3 is 2.67 bits per heavy atom. The van der Waals surface area contributed by atoms with Gasteiger partial charge in [0.05, 0.1) is 6.61 Å². The normalized spacial score (nSPS) is 19.0. The number of hydrogen-bond donors (Lipinski definition) is 2. The van der Waals surface area contributed by atoms with E-state index >= 15 is 0 Å². The van der Waals surface area contributed by atoms with Crippen molar-refractivity contribution in [3.8, 4) is 0 Å². The maximum atomic E-state index is 12.2. The first kappa shape index (κ1) is 14.8. The van der Waals surface area contributed by atoms with Gasteiger partial charge in [0, 0.05) is 19.6 Å². The highest BCUT2D eigenvalue weighted by Crippen LogP contribution is 2.19. The Balaban J connectivity index is 2.65. The molecule has 6 nitrogen and oxygen atoms in total. The fourth-order valence-electron chi connectivity index (χ4n) is 2.21. The molecule has 0 bridgehead atoms. The van der Waals surface area contributed by atoms with E-state index in [-0.39, 0.29) is 19.2 Å². The van der Waals surface area contributed by atoms with Crippen LogP contribution in [0.4, 0.5) is 4.79 Å². The molecule has 0 aromatic rings. The molecule has 1 rings (SSSR count). The maximum absolute atomic E-state index is 12.2. The fraction of sp³-hybridized carbons (Fsp3) is 0.833. The van der Waals surface area contributed by atoms with Gasteiger partial charge in [-0.25, -0.2) is 9.59 Å². The average molecular weight is 258 g/mol. The van der Waals surface area contributed by atoms with Crippen molar-refractivity contribution in [2.75, 3.05) is 26.2 Å². The molecule has 0 aliphatic carbocycles. The number of carbonyl (C=O) groups is 2. The Kier molecular flexibility index (Phi) is 5.91. The second-order valence-corrected chi connectivity index (χ2v) is 4.54. The number of hydrogen-bond acceptors (Lipinski definition) is 3. The fourth-order valence-corrected chi connectivity index (χ4v) is 2.21. The summed E-state index contributed by atoms with van der Waals surface area (Å²) in [6, 6.07) is -0.970. The number of amides is 2. The molecule has 0 saturated carbocycles. The van der Waals surface area contributed by atoms with Gasteiger partial charge in [0.25, 0.3) is 0 Å². The van der Waals surface area contributed by atoms with Crippen LogP contribution < -0.4 is 0 Å². The molecule has 1 fully saturated rings. The number of aliphatic hydroxyl groups is 1. The quantitative estimate of drug-likeness (QED) is 0.736. The minimum absolute atomic E-state index is 0.0962. The van der Waals surface area contributed by atoms with Gasteiger partial charge in [-0.3, -0.25) is 0 Å². The van der Waals surface area contributed by atoms with Crippen molar-refractivity contribution in [1.29, 1.82) is 0 Å². The predicted molar refractivity (Wildman–Crippen MR) is 66.3 cm³/mol. The molecule has 1 heterocycles. The number of carbonyl (C=O) groups excluding carboxylic acids is 1. The second-order valence-electron chi connectivity index (χ2n) is 4.54. The Morgan fingerprint density at radius 1 is 1.39 bits per heavy atom. The summed E-state index contributed by atoms with van der Waals surface area (Å²) in [5.74, 6) is -0.944. The number of nitrogens with zero attached hydrogens (tertiary/aromatic N) is 2. The molecule has 0 aromatic carbocycles. The van der Waals surface area contributed by atoms with Crippen molar-refractivity contribution in [2.45, 2.75) is 38.6 Å². The van der Waals surface area contributed by atoms with E-state index in [1.807, 2.05) is 6.92 Å². The Labute approximate surface area is 107 Å². The Hall–Kier alpha value is -1.30. The van der Waals surface area contributed by atoms with Crippen LogP contribution in [-0.2, 0) is 4.79 Å². The minimum atomic E-state index is -0.944. The molecular formula is C12H22N2O4. The lowest BCUT2D eigenvalue weighted by molar-refractivity contribution is -0.141. The average Bonchev–Trinajstić information content (AvgIpc) is 2.82. The van der Waals surface area contributed by atoms with Gasteiger partial charge >= 0.3 is 12.0 Å². The van der Waals surface area contributed by atoms with E-state index in [1.165, 1.54) is 4.90 Å². The van der Waals surface area contributed by atoms with Crippen LogP contribution in [0.3, 0.4) is 0 Å². The first-order valence-electron chi connectivity index (χ1n) is 6.51. The highest BCUT2D eigenvalue weighted by molar-refractivity contribution is 5.83. The number of carboxylic acid groups (broad SMARTS) is 1. The van der Waals surface area contributed by atoms with Crippen molar-refractivity contribution in [3.05, 3.63) is 0 Å². The van der Waals surface area contributed by atoms with Gasteiger partial charge < -0.3 is 20.0 Å². The molecule has 6 heteroatoms. The number of rotatable bonds is 6. The molecule has 1 atom stereocenters. The van der Waals surface area contributed by atoms with Gasteiger partial charge in [-0.2, -0.15) is 0 Å². The lowest BCUT2D eigenvalue weighted by Gasteiger charge is -2.29. The summed E-state index contributed by atoms with van der Waals surface area (Å²) in [5.41, 5.74) is 0. The molecule has 0 unspecified atom stereocenters. The Bertz CT molecular complexity index is 296. The van der Waals surface area contributed by atoms with Crippen molar-refractivity contribution in [1.82, 2.24) is 9.80 Å². The number of urea groups is 1. The molecule has 1 saturated heterocycles. The molecule has 18 heavy (non-hydrogen) atoms. The SMILES string of the molecule is CCCCN(CCO)C(=O)N1CCC[C@@H]1C(=O)O. The van der Waals surface area contributed by atoms with Crippen LogP contribution in [0.25, 0.3) is 0 Å². The number of aliphatic carboxylic acids is 1. The molecule has 104 valence electrons. The van der Waals surface area contributed by atoms with E-state index in [2.05, 4.69) is 0 Å². The smallest absolute Gasteiger partial charge is 0.326 e. The molecule has 2 amide bonds. The van der Waals surface area contributed by atoms with Gasteiger partial charge in [0.1, 0.15) is 6.04 Å². The largest absolute Gasteiger partial charge is 0.480 e. The lowest BCUT2D eigenvalue weighted by atomic mass is 10.2. The zero-order valence-corrected chi connectivity index (χ0v) is 10.8. The number of aliphatic hydroxyl groups excluding tert-OH is 1. The van der Waals surface area contributed by atoms with E-state index in [9.17, 15) is 9.59 Å². The molecule has 2 N–H and O–H groups in total. The second kappa shape index (κ2) is 7.20. The molecule has 1 aliphatic heterocycles. The zero-order valence-electron chi connectivity index (χ0n) is 10.8. The van der Waals surface area contributed by atoms with Crippen molar-refractivity contribution in [3.63, 3.8) is 0 Å². The van der Waals surface area contributed by atoms with E-state index in [0.29, 0.717) is 19.5 Å². The van der Waals surface area contributed by atoms with Crippen LogP contribution in [0.15, 0.2) is 0 Å². The first-order valence-corrected chi connectivity index (χ1v) is 6.51. The van der Waals surface area contributed by atoms with E-state index < -0.39 is 12.0 Å². The van der Waals surface area contributed by atoms with Gasteiger partial charge in [0.15, 0.2) is 0 Å². The zero-order chi connectivity index (χ0) is 13.5. The first-order chi connectivity index (χ1) is 8.61. The van der Waals surface area contributed by atoms with E-state index in [0.717, 1.165) is 19.3 Å². The Morgan fingerprint density at radius 2 is 2.11 bits per heavy atom. The van der Waals surface area contributed by atoms with Crippen LogP contribution in [-0.4, -0.2) is 64.3 Å². The van der Waals surface area contributed by atoms with Crippen LogP contribution in [0.5, 0.6) is 0 Å². The standard InChI is InChI=1S/C12H22N2O4/c1-2-3-6-13(8-9-15)12(18)14-7-4-5-10(14)11(16)17/h10,15H,2-9H2,1H3,(H,16,17)/t10-/m1/s1. The van der Waals surface area contributed by atoms with E-state index in [1.54, 1.807) is 4.90 Å². The van der Waals surface area contributed by atoms with Gasteiger partial charge in [0.2, 0.25) is 0 Å². The highest BCUT2D eigenvalue weighted by atomic mass is 16.4. The summed E-state index contributed by atoms with van der Waals surface area (Å²) in [4.78, 5) is 26.2. The van der Waals surface area contributed by atoms with Crippen LogP contribution >= 0.6 is 0 Å². The molecular weight excluding hydrogens is 236 g/mol. The molecule has 0 aromatic heterocycles. The predicted octanol–water partition coefficient (Wildman–Crippen LogP) is 0.750. The van der Waals surface area contributed by atoms with Gasteiger partial charge in [-0.15, -0.1) is 0 Å². The summed E-state index contributed by atoms with van der Waals surface area (Å²) in [6.07, 6.45) is 3.06. The van der Waals surface area contributed by atoms with Crippen LogP contribution in [0, 0.1) is 0 Å². The van der Waals surface area contributed by atoms with Crippen molar-refractivity contribution < 1.29 is 19.8 Å². The van der Waals surface area contributed by atoms with Crippen molar-refractivity contribution >= 4 is 12.0 Å². The third-order valence-electron chi connectivity index (χ3n) is 3.21. The molecule has 0 spiro atoms. The summed E-state index contributed by atoms with van der Waals surface area (Å²) in [6.45, 7) is 3.25. The number of likely N-dealkylation sites (tertiary alicyclic amines) is 1. The van der Waals surface area contributed by atoms with Gasteiger partial charge in [-0.05, 0) is 19.3 Å². The topological polar surface area (TPSA) is 81.1 Å². The van der Waals surface area contributed by atoms with E-state index in [4.69, 9.17) is 10.2 Å². The third-order valence-corrected chi connectivity index (χ3v) is 3.21. The molecule has 1 aliphatic rings. The third kappa shape index (κ3) is 3.60.